The molecular weight excluding hydrogens is 317 g/mol. The molecule has 0 saturated heterocycles. The zero-order valence-corrected chi connectivity index (χ0v) is 12.3. The van der Waals surface area contributed by atoms with Gasteiger partial charge in [-0.3, -0.25) is 0 Å². The highest BCUT2D eigenvalue weighted by Gasteiger charge is 2.07. The molecule has 108 valence electrons. The maximum atomic E-state index is 13.7. The predicted octanol–water partition coefficient (Wildman–Crippen LogP) is 4.79. The third-order valence-electron chi connectivity index (χ3n) is 2.62. The van der Waals surface area contributed by atoms with Crippen molar-refractivity contribution < 1.29 is 13.5 Å². The highest BCUT2D eigenvalue weighted by Crippen LogP contribution is 2.23. The molecular formula is C16H10Cl2F2O. The van der Waals surface area contributed by atoms with Gasteiger partial charge in [0.2, 0.25) is 0 Å². The zero-order valence-electron chi connectivity index (χ0n) is 10.8. The van der Waals surface area contributed by atoms with Crippen molar-refractivity contribution in [2.24, 2.45) is 0 Å². The van der Waals surface area contributed by atoms with Crippen molar-refractivity contribution in [3.8, 4) is 17.6 Å². The average Bonchev–Trinajstić information content (AvgIpc) is 2.48. The highest BCUT2D eigenvalue weighted by molar-refractivity contribution is 6.31. The van der Waals surface area contributed by atoms with Crippen molar-refractivity contribution in [2.75, 3.05) is 5.88 Å². The molecule has 0 amide bonds. The lowest BCUT2D eigenvalue weighted by atomic mass is 10.2. The summed E-state index contributed by atoms with van der Waals surface area (Å²) in [6.07, 6.45) is 0. The summed E-state index contributed by atoms with van der Waals surface area (Å²) in [5, 5.41) is 0.356. The Balaban J connectivity index is 2.17. The molecule has 0 aliphatic rings. The first-order valence-corrected chi connectivity index (χ1v) is 6.92. The van der Waals surface area contributed by atoms with Gasteiger partial charge < -0.3 is 4.74 Å². The molecule has 5 heteroatoms. The number of alkyl halides is 1. The first-order chi connectivity index (χ1) is 10.1. The maximum Gasteiger partial charge on any atom is 0.165 e. The van der Waals surface area contributed by atoms with E-state index in [0.717, 1.165) is 0 Å². The third kappa shape index (κ3) is 4.35. The van der Waals surface area contributed by atoms with E-state index in [1.165, 1.54) is 36.4 Å². The summed E-state index contributed by atoms with van der Waals surface area (Å²) >= 11 is 11.4. The lowest BCUT2D eigenvalue weighted by molar-refractivity contribution is 0.290. The van der Waals surface area contributed by atoms with Crippen LogP contribution in [-0.2, 0) is 6.61 Å². The van der Waals surface area contributed by atoms with Gasteiger partial charge in [0.15, 0.2) is 11.6 Å². The van der Waals surface area contributed by atoms with Gasteiger partial charge in [0.05, 0.1) is 5.88 Å². The van der Waals surface area contributed by atoms with Crippen LogP contribution in [0.15, 0.2) is 36.4 Å². The number of hydrogen-bond acceptors (Lipinski definition) is 1. The Labute approximate surface area is 131 Å². The largest absolute Gasteiger partial charge is 0.486 e. The molecule has 0 unspecified atom stereocenters. The summed E-state index contributed by atoms with van der Waals surface area (Å²) < 4.78 is 32.2. The zero-order chi connectivity index (χ0) is 15.2. The van der Waals surface area contributed by atoms with E-state index in [2.05, 4.69) is 11.8 Å². The van der Waals surface area contributed by atoms with Gasteiger partial charge >= 0.3 is 0 Å². The summed E-state index contributed by atoms with van der Waals surface area (Å²) in [5.74, 6) is 4.69. The van der Waals surface area contributed by atoms with E-state index in [4.69, 9.17) is 27.9 Å². The lowest BCUT2D eigenvalue weighted by Crippen LogP contribution is -1.99. The van der Waals surface area contributed by atoms with E-state index >= 15 is 0 Å². The molecule has 2 rings (SSSR count). The molecule has 0 aromatic heterocycles. The number of hydrogen-bond donors (Lipinski definition) is 0. The van der Waals surface area contributed by atoms with Crippen LogP contribution in [0.3, 0.4) is 0 Å². The van der Waals surface area contributed by atoms with Crippen LogP contribution in [-0.4, -0.2) is 5.88 Å². The molecule has 0 atom stereocenters. The maximum absolute atomic E-state index is 13.7. The van der Waals surface area contributed by atoms with Crippen LogP contribution in [0.2, 0.25) is 5.02 Å². The number of ether oxygens (including phenoxy) is 1. The fourth-order valence-electron chi connectivity index (χ4n) is 1.64. The molecule has 0 radical (unpaired) electrons. The minimum atomic E-state index is -0.529. The Kier molecular flexibility index (Phi) is 5.44. The number of rotatable bonds is 3. The third-order valence-corrected chi connectivity index (χ3v) is 3.12. The SMILES string of the molecule is Fc1ccc(Cl)c(COc2cc(C#CCCl)ccc2F)c1. The molecule has 0 N–H and O–H groups in total. The highest BCUT2D eigenvalue weighted by atomic mass is 35.5. The van der Waals surface area contributed by atoms with Crippen LogP contribution in [0.5, 0.6) is 5.75 Å². The minimum absolute atomic E-state index is 0.0247. The fraction of sp³-hybridized carbons (Fsp3) is 0.125. The molecule has 0 aliphatic heterocycles. The first-order valence-electron chi connectivity index (χ1n) is 6.01. The van der Waals surface area contributed by atoms with Crippen LogP contribution in [0.4, 0.5) is 8.78 Å². The molecule has 0 aliphatic carbocycles. The summed E-state index contributed by atoms with van der Waals surface area (Å²) in [4.78, 5) is 0. The van der Waals surface area contributed by atoms with Crippen molar-refractivity contribution in [1.29, 1.82) is 0 Å². The smallest absolute Gasteiger partial charge is 0.165 e. The van der Waals surface area contributed by atoms with E-state index in [0.29, 0.717) is 16.1 Å². The Morgan fingerprint density at radius 2 is 1.90 bits per heavy atom. The monoisotopic (exact) mass is 326 g/mol. The summed E-state index contributed by atoms with van der Waals surface area (Å²) in [6.45, 7) is -0.0418. The van der Waals surface area contributed by atoms with E-state index in [-0.39, 0.29) is 18.2 Å². The van der Waals surface area contributed by atoms with E-state index in [1.54, 1.807) is 0 Å². The van der Waals surface area contributed by atoms with Crippen molar-refractivity contribution in [3.05, 3.63) is 64.2 Å². The van der Waals surface area contributed by atoms with Gasteiger partial charge in [-0.25, -0.2) is 8.78 Å². The summed E-state index contributed by atoms with van der Waals surface area (Å²) in [7, 11) is 0. The van der Waals surface area contributed by atoms with Crippen LogP contribution < -0.4 is 4.74 Å². The van der Waals surface area contributed by atoms with Crippen molar-refractivity contribution in [1.82, 2.24) is 0 Å². The minimum Gasteiger partial charge on any atom is -0.486 e. The quantitative estimate of drug-likeness (QED) is 0.582. The molecule has 2 aromatic rings. The van der Waals surface area contributed by atoms with Gasteiger partial charge in [0.25, 0.3) is 0 Å². The van der Waals surface area contributed by atoms with Crippen LogP contribution in [0.25, 0.3) is 0 Å². The van der Waals surface area contributed by atoms with E-state index < -0.39 is 11.6 Å². The molecule has 0 saturated carbocycles. The van der Waals surface area contributed by atoms with Gasteiger partial charge in [-0.15, -0.1) is 11.6 Å². The van der Waals surface area contributed by atoms with Crippen LogP contribution in [0.1, 0.15) is 11.1 Å². The fourth-order valence-corrected chi connectivity index (χ4v) is 1.88. The topological polar surface area (TPSA) is 9.23 Å². The second kappa shape index (κ2) is 7.31. The standard InChI is InChI=1S/C16H10Cl2F2O/c17-7-1-2-11-3-6-15(20)16(8-11)21-10-12-9-13(19)4-5-14(12)18/h3-6,8-9H,7,10H2. The predicted molar refractivity (Wildman–Crippen MR) is 79.7 cm³/mol. The van der Waals surface area contributed by atoms with Crippen LogP contribution in [0, 0.1) is 23.5 Å². The second-order valence-electron chi connectivity index (χ2n) is 4.11. The summed E-state index contributed by atoms with van der Waals surface area (Å²) in [6, 6.07) is 8.15. The Morgan fingerprint density at radius 1 is 1.10 bits per heavy atom. The molecule has 0 fully saturated rings. The number of halogens is 4. The van der Waals surface area contributed by atoms with Crippen molar-refractivity contribution in [3.63, 3.8) is 0 Å². The van der Waals surface area contributed by atoms with Gasteiger partial charge in [-0.05, 0) is 36.4 Å². The average molecular weight is 327 g/mol. The van der Waals surface area contributed by atoms with E-state index in [9.17, 15) is 8.78 Å². The molecule has 0 heterocycles. The molecule has 21 heavy (non-hydrogen) atoms. The van der Waals surface area contributed by atoms with Crippen LogP contribution >= 0.6 is 23.2 Å². The molecule has 1 nitrogen and oxygen atoms in total. The Morgan fingerprint density at radius 3 is 2.67 bits per heavy atom. The summed E-state index contributed by atoms with van der Waals surface area (Å²) in [5.41, 5.74) is 1.02. The van der Waals surface area contributed by atoms with Crippen molar-refractivity contribution in [2.45, 2.75) is 6.61 Å². The van der Waals surface area contributed by atoms with Gasteiger partial charge in [0, 0.05) is 16.1 Å². The van der Waals surface area contributed by atoms with Gasteiger partial charge in [-0.1, -0.05) is 23.4 Å². The van der Waals surface area contributed by atoms with Gasteiger partial charge in [-0.2, -0.15) is 0 Å². The molecule has 0 bridgehead atoms. The Hall–Kier alpha value is -1.76. The number of benzene rings is 2. The van der Waals surface area contributed by atoms with Crippen molar-refractivity contribution >= 4 is 23.2 Å². The molecule has 2 aromatic carbocycles. The second-order valence-corrected chi connectivity index (χ2v) is 4.78. The lowest BCUT2D eigenvalue weighted by Gasteiger charge is -2.09. The Bertz CT molecular complexity index is 705. The van der Waals surface area contributed by atoms with Gasteiger partial charge in [0.1, 0.15) is 12.4 Å². The normalized spacial score (nSPS) is 9.90. The first kappa shape index (κ1) is 15.6. The molecule has 0 spiro atoms. The van der Waals surface area contributed by atoms with E-state index in [1.807, 2.05) is 0 Å².